The van der Waals surface area contributed by atoms with Crippen LogP contribution in [-0.4, -0.2) is 70.3 Å². The van der Waals surface area contributed by atoms with Crippen molar-refractivity contribution >= 4 is 10.9 Å². The molecule has 1 fully saturated rings. The summed E-state index contributed by atoms with van der Waals surface area (Å²) >= 11 is 0. The Bertz CT molecular complexity index is 1280. The molecule has 0 spiro atoms. The number of β-amino-alcohol motifs (C(OH)–C–C–N with tert-alkyl or cyclic N) is 1. The molecule has 4 aromatic rings. The topological polar surface area (TPSA) is 61.7 Å². The summed E-state index contributed by atoms with van der Waals surface area (Å²) in [7, 11) is 0. The van der Waals surface area contributed by atoms with Crippen molar-refractivity contribution in [3.63, 3.8) is 0 Å². The van der Waals surface area contributed by atoms with Gasteiger partial charge in [0.15, 0.2) is 0 Å². The lowest BCUT2D eigenvalue weighted by atomic mass is 9.96. The number of pyridine rings is 2. The van der Waals surface area contributed by atoms with Crippen LogP contribution < -0.4 is 4.74 Å². The molecule has 2 aromatic heterocycles. The highest BCUT2D eigenvalue weighted by Gasteiger charge is 2.32. The number of fused-ring (bicyclic) bond motifs is 3. The first-order chi connectivity index (χ1) is 17.8. The second-order valence-electron chi connectivity index (χ2n) is 9.78. The predicted octanol–water partition coefficient (Wildman–Crippen LogP) is 3.88. The maximum absolute atomic E-state index is 10.7. The van der Waals surface area contributed by atoms with Crippen molar-refractivity contribution in [3.05, 3.63) is 102 Å². The van der Waals surface area contributed by atoms with Gasteiger partial charge in [0.1, 0.15) is 18.5 Å². The molecule has 1 saturated heterocycles. The molecule has 1 aliphatic carbocycles. The number of aliphatic hydroxyl groups excluding tert-OH is 1. The van der Waals surface area contributed by atoms with Crippen LogP contribution in [0.15, 0.2) is 79.1 Å². The smallest absolute Gasteiger partial charge is 0.128 e. The van der Waals surface area contributed by atoms with Crippen LogP contribution >= 0.6 is 0 Å². The first kappa shape index (κ1) is 23.1. The number of benzene rings is 2. The molecular formula is C30H32N4O2. The van der Waals surface area contributed by atoms with Gasteiger partial charge in [0.25, 0.3) is 0 Å². The molecule has 2 aromatic carbocycles. The molecule has 184 valence electrons. The van der Waals surface area contributed by atoms with Crippen molar-refractivity contribution in [1.82, 2.24) is 19.8 Å². The van der Waals surface area contributed by atoms with E-state index >= 15 is 0 Å². The minimum absolute atomic E-state index is 0.190. The molecule has 2 unspecified atom stereocenters. The second kappa shape index (κ2) is 10.3. The maximum atomic E-state index is 10.7. The van der Waals surface area contributed by atoms with Crippen LogP contribution in [0.5, 0.6) is 5.75 Å². The van der Waals surface area contributed by atoms with Crippen LogP contribution in [0.3, 0.4) is 0 Å². The minimum atomic E-state index is -0.551. The Labute approximate surface area is 212 Å². The van der Waals surface area contributed by atoms with E-state index in [9.17, 15) is 5.11 Å². The molecule has 2 aliphatic rings. The highest BCUT2D eigenvalue weighted by atomic mass is 16.5. The van der Waals surface area contributed by atoms with Gasteiger partial charge in [0.2, 0.25) is 0 Å². The average molecular weight is 481 g/mol. The number of hydrogen-bond donors (Lipinski definition) is 1. The molecule has 0 saturated carbocycles. The van der Waals surface area contributed by atoms with Gasteiger partial charge in [0, 0.05) is 50.5 Å². The fourth-order valence-corrected chi connectivity index (χ4v) is 5.67. The lowest BCUT2D eigenvalue weighted by Crippen LogP contribution is -2.50. The molecule has 3 heterocycles. The first-order valence-corrected chi connectivity index (χ1v) is 12.9. The number of aryl methyl sites for hydroxylation is 2. The van der Waals surface area contributed by atoms with Crippen LogP contribution in [-0.2, 0) is 12.8 Å². The van der Waals surface area contributed by atoms with Crippen molar-refractivity contribution in [3.8, 4) is 5.75 Å². The van der Waals surface area contributed by atoms with E-state index in [0.29, 0.717) is 6.54 Å². The fraction of sp³-hybridized carbons (Fsp3) is 0.333. The Hall–Kier alpha value is -3.32. The van der Waals surface area contributed by atoms with E-state index in [1.54, 1.807) is 6.20 Å². The average Bonchev–Trinajstić information content (AvgIpc) is 3.09. The number of nitrogens with zero attached hydrogens (tertiary/aromatic N) is 4. The van der Waals surface area contributed by atoms with E-state index in [1.165, 1.54) is 22.4 Å². The molecule has 0 amide bonds. The van der Waals surface area contributed by atoms with E-state index in [4.69, 9.17) is 9.72 Å². The lowest BCUT2D eigenvalue weighted by molar-refractivity contribution is 0.0400. The third-order valence-corrected chi connectivity index (χ3v) is 7.48. The summed E-state index contributed by atoms with van der Waals surface area (Å²) in [6, 6.07) is 23.1. The highest BCUT2D eigenvalue weighted by Crippen LogP contribution is 2.36. The van der Waals surface area contributed by atoms with Gasteiger partial charge < -0.3 is 9.84 Å². The van der Waals surface area contributed by atoms with Gasteiger partial charge in [-0.15, -0.1) is 0 Å². The van der Waals surface area contributed by atoms with Gasteiger partial charge in [-0.3, -0.25) is 19.8 Å². The summed E-state index contributed by atoms with van der Waals surface area (Å²) in [6.07, 6.45) is 5.26. The molecule has 1 N–H and O–H groups in total. The molecule has 2 atom stereocenters. The van der Waals surface area contributed by atoms with Gasteiger partial charge in [-0.25, -0.2) is 0 Å². The molecule has 6 nitrogen and oxygen atoms in total. The van der Waals surface area contributed by atoms with Gasteiger partial charge in [-0.05, 0) is 59.9 Å². The Kier molecular flexibility index (Phi) is 6.64. The van der Waals surface area contributed by atoms with Crippen molar-refractivity contribution < 1.29 is 9.84 Å². The number of hydrogen-bond acceptors (Lipinski definition) is 6. The number of rotatable bonds is 6. The quantitative estimate of drug-likeness (QED) is 0.452. The number of piperazine rings is 1. The van der Waals surface area contributed by atoms with Gasteiger partial charge >= 0.3 is 0 Å². The SMILES string of the molecule is OC(COc1cccc2ncccc12)CN1CCN(C2c3ccccc3CCc3cccnc32)CC1. The zero-order valence-electron chi connectivity index (χ0n) is 20.5. The lowest BCUT2D eigenvalue weighted by Gasteiger charge is -2.40. The van der Waals surface area contributed by atoms with E-state index < -0.39 is 6.10 Å². The summed E-state index contributed by atoms with van der Waals surface area (Å²) in [5.41, 5.74) is 6.28. The van der Waals surface area contributed by atoms with Crippen molar-refractivity contribution in [2.24, 2.45) is 0 Å². The standard InChI is InChI=1S/C30H32N4O2/c35-24(21-36-28-11-3-10-27-26(28)9-5-14-31-27)20-33-16-18-34(19-17-33)30-25-8-2-1-6-22(25)12-13-23-7-4-15-32-29(23)30/h1-11,14-15,24,30,35H,12-13,16-21H2. The normalized spacial score (nSPS) is 19.3. The second-order valence-corrected chi connectivity index (χ2v) is 9.78. The third-order valence-electron chi connectivity index (χ3n) is 7.48. The van der Waals surface area contributed by atoms with E-state index in [1.807, 2.05) is 36.5 Å². The largest absolute Gasteiger partial charge is 0.490 e. The summed E-state index contributed by atoms with van der Waals surface area (Å²) in [4.78, 5) is 14.2. The Morgan fingerprint density at radius 3 is 2.53 bits per heavy atom. The number of aromatic nitrogens is 2. The first-order valence-electron chi connectivity index (χ1n) is 12.9. The van der Waals surface area contributed by atoms with Gasteiger partial charge in [-0.1, -0.05) is 36.4 Å². The summed E-state index contributed by atoms with van der Waals surface area (Å²) < 4.78 is 6.00. The predicted molar refractivity (Wildman–Crippen MR) is 141 cm³/mol. The fourth-order valence-electron chi connectivity index (χ4n) is 5.67. The van der Waals surface area contributed by atoms with Crippen LogP contribution in [0.25, 0.3) is 10.9 Å². The highest BCUT2D eigenvalue weighted by molar-refractivity contribution is 5.84. The number of aliphatic hydroxyl groups is 1. The minimum Gasteiger partial charge on any atom is -0.490 e. The number of ether oxygens (including phenoxy) is 1. The molecular weight excluding hydrogens is 448 g/mol. The Morgan fingerprint density at radius 1 is 0.833 bits per heavy atom. The summed E-state index contributed by atoms with van der Waals surface area (Å²) in [5.74, 6) is 0.766. The third kappa shape index (κ3) is 4.72. The van der Waals surface area contributed by atoms with Gasteiger partial charge in [0.05, 0.1) is 17.3 Å². The van der Waals surface area contributed by atoms with Crippen molar-refractivity contribution in [2.75, 3.05) is 39.3 Å². The Morgan fingerprint density at radius 2 is 1.61 bits per heavy atom. The summed E-state index contributed by atoms with van der Waals surface area (Å²) in [6.45, 7) is 4.58. The van der Waals surface area contributed by atoms with Crippen molar-refractivity contribution in [1.29, 1.82) is 0 Å². The zero-order valence-corrected chi connectivity index (χ0v) is 20.5. The molecule has 1 aliphatic heterocycles. The zero-order chi connectivity index (χ0) is 24.3. The maximum Gasteiger partial charge on any atom is 0.128 e. The molecule has 36 heavy (non-hydrogen) atoms. The van der Waals surface area contributed by atoms with Crippen LogP contribution in [0.4, 0.5) is 0 Å². The van der Waals surface area contributed by atoms with Crippen molar-refractivity contribution in [2.45, 2.75) is 25.0 Å². The van der Waals surface area contributed by atoms with E-state index in [-0.39, 0.29) is 12.6 Å². The Balaban J connectivity index is 1.10. The van der Waals surface area contributed by atoms with Crippen LogP contribution in [0.2, 0.25) is 0 Å². The summed E-state index contributed by atoms with van der Waals surface area (Å²) in [5, 5.41) is 11.7. The van der Waals surface area contributed by atoms with Crippen LogP contribution in [0, 0.1) is 0 Å². The monoisotopic (exact) mass is 480 g/mol. The van der Waals surface area contributed by atoms with Crippen LogP contribution in [0.1, 0.15) is 28.4 Å². The molecule has 6 heteroatoms. The van der Waals surface area contributed by atoms with Gasteiger partial charge in [-0.2, -0.15) is 0 Å². The molecule has 0 radical (unpaired) electrons. The molecule has 6 rings (SSSR count). The van der Waals surface area contributed by atoms with E-state index in [0.717, 1.165) is 55.7 Å². The van der Waals surface area contributed by atoms with E-state index in [2.05, 4.69) is 51.2 Å². The molecule has 0 bridgehead atoms.